The van der Waals surface area contributed by atoms with Gasteiger partial charge in [0.25, 0.3) is 0 Å². The number of halogens is 1. The van der Waals surface area contributed by atoms with Crippen molar-refractivity contribution >= 4 is 41.6 Å². The third-order valence-corrected chi connectivity index (χ3v) is 9.25. The third-order valence-electron chi connectivity index (χ3n) is 9.02. The van der Waals surface area contributed by atoms with Crippen LogP contribution in [0.15, 0.2) is 30.4 Å². The van der Waals surface area contributed by atoms with Crippen LogP contribution in [-0.2, 0) is 36.8 Å². The Kier molecular flexibility index (Phi) is 9.86. The number of hydrogen-bond donors (Lipinski definition) is 3. The average Bonchev–Trinajstić information content (AvgIpc) is 3.51. The minimum Gasteiger partial charge on any atom is -0.479 e. The number of alkyl carbamates (subject to hydrolysis) is 1. The molecule has 0 radical (unpaired) electrons. The molecule has 3 N–H and O–H groups in total. The lowest BCUT2D eigenvalue weighted by molar-refractivity contribution is -0.145. The lowest BCUT2D eigenvalue weighted by Gasteiger charge is -2.30. The van der Waals surface area contributed by atoms with Crippen LogP contribution in [0.5, 0.6) is 0 Å². The highest BCUT2D eigenvalue weighted by molar-refractivity contribution is 6.30. The predicted octanol–water partition coefficient (Wildman–Crippen LogP) is 4.18. The van der Waals surface area contributed by atoms with Crippen LogP contribution in [0, 0.1) is 5.92 Å². The van der Waals surface area contributed by atoms with Gasteiger partial charge in [-0.1, -0.05) is 42.7 Å². The molecule has 12 nitrogen and oxygen atoms in total. The molecule has 2 fully saturated rings. The van der Waals surface area contributed by atoms with Crippen molar-refractivity contribution in [2.24, 2.45) is 5.92 Å². The maximum absolute atomic E-state index is 14.1. The first-order valence-corrected chi connectivity index (χ1v) is 16.4. The quantitative estimate of drug-likeness (QED) is 0.409. The van der Waals surface area contributed by atoms with E-state index in [0.29, 0.717) is 37.4 Å². The molecule has 1 aromatic carbocycles. The van der Waals surface area contributed by atoms with Gasteiger partial charge in [0.05, 0.1) is 6.54 Å². The van der Waals surface area contributed by atoms with Crippen LogP contribution in [0.2, 0.25) is 5.02 Å². The molecule has 4 amide bonds. The van der Waals surface area contributed by atoms with Gasteiger partial charge in [0.2, 0.25) is 11.8 Å². The molecule has 3 heterocycles. The second-order valence-corrected chi connectivity index (χ2v) is 14.1. The summed E-state index contributed by atoms with van der Waals surface area (Å²) in [5.74, 6) is -2.67. The van der Waals surface area contributed by atoms with E-state index < -0.39 is 59.3 Å². The van der Waals surface area contributed by atoms with Gasteiger partial charge in [0.1, 0.15) is 29.3 Å². The van der Waals surface area contributed by atoms with Crippen molar-refractivity contribution in [1.29, 1.82) is 0 Å². The van der Waals surface area contributed by atoms with Crippen molar-refractivity contribution in [3.63, 3.8) is 0 Å². The van der Waals surface area contributed by atoms with Crippen molar-refractivity contribution in [2.45, 2.75) is 108 Å². The molecule has 5 atom stereocenters. The summed E-state index contributed by atoms with van der Waals surface area (Å²) >= 11 is 6.17. The van der Waals surface area contributed by atoms with Crippen LogP contribution in [0.25, 0.3) is 0 Å². The lowest BCUT2D eigenvalue weighted by atomic mass is 10.0. The largest absolute Gasteiger partial charge is 0.479 e. The Balaban J connectivity index is 1.36. The van der Waals surface area contributed by atoms with E-state index in [0.717, 1.165) is 30.4 Å². The first-order valence-electron chi connectivity index (χ1n) is 16.0. The highest BCUT2D eigenvalue weighted by atomic mass is 35.5. The number of carboxylic acids is 1. The number of nitrogens with one attached hydrogen (secondary N) is 2. The van der Waals surface area contributed by atoms with E-state index in [1.807, 2.05) is 30.4 Å². The molecule has 1 saturated heterocycles. The second-order valence-electron chi connectivity index (χ2n) is 13.7. The third kappa shape index (κ3) is 7.76. The monoisotopic (exact) mass is 658 g/mol. The van der Waals surface area contributed by atoms with Crippen molar-refractivity contribution in [3.05, 3.63) is 46.5 Å². The van der Waals surface area contributed by atoms with Gasteiger partial charge in [-0.05, 0) is 76.1 Å². The van der Waals surface area contributed by atoms with E-state index in [4.69, 9.17) is 21.1 Å². The van der Waals surface area contributed by atoms with E-state index >= 15 is 0 Å². The lowest BCUT2D eigenvalue weighted by Crippen LogP contribution is -2.56. The van der Waals surface area contributed by atoms with Crippen LogP contribution >= 0.6 is 11.6 Å². The zero-order valence-corrected chi connectivity index (χ0v) is 27.3. The number of carboxylic acid groups (broad SMARTS) is 1. The molecular formula is C33H43ClN4O8. The summed E-state index contributed by atoms with van der Waals surface area (Å²) in [4.78, 5) is 69.2. The highest BCUT2D eigenvalue weighted by Crippen LogP contribution is 2.45. The van der Waals surface area contributed by atoms with Gasteiger partial charge in [0, 0.05) is 30.5 Å². The Labute approximate surface area is 273 Å². The Hall–Kier alpha value is -3.80. The number of ether oxygens (including phenoxy) is 2. The minimum absolute atomic E-state index is 0.0189. The summed E-state index contributed by atoms with van der Waals surface area (Å²) in [5.41, 5.74) is -0.228. The topological polar surface area (TPSA) is 155 Å². The van der Waals surface area contributed by atoms with Gasteiger partial charge < -0.3 is 35.0 Å². The molecule has 250 valence electrons. The standard InChI is InChI=1S/C33H43ClN4O8/c1-32(2,3)46-30(43)35-25-10-8-6-4-5-7-9-22-17-33(22,29(41)42)36-27(39)26-16-24(19-38(26)28(25)40)45-31(44)37-14-13-20-11-12-23(34)15-21(20)18-37/h7,9,11-12,15,22,24-26H,4-6,8,10,13-14,16-19H2,1-3H3,(H,35,43)(H,36,39)(H,41,42)/b9-7-/t22-,24+,25-,26-,33+/m0/s1. The van der Waals surface area contributed by atoms with Crippen molar-refractivity contribution in [2.75, 3.05) is 13.1 Å². The van der Waals surface area contributed by atoms with Gasteiger partial charge in [-0.2, -0.15) is 0 Å². The highest BCUT2D eigenvalue weighted by Gasteiger charge is 2.61. The summed E-state index contributed by atoms with van der Waals surface area (Å²) in [6.07, 6.45) is 5.75. The molecule has 4 aliphatic rings. The maximum Gasteiger partial charge on any atom is 0.410 e. The minimum atomic E-state index is -1.46. The Morgan fingerprint density at radius 3 is 2.65 bits per heavy atom. The molecule has 46 heavy (non-hydrogen) atoms. The zero-order valence-electron chi connectivity index (χ0n) is 26.6. The number of aliphatic carboxylic acids is 1. The molecule has 3 aliphatic heterocycles. The van der Waals surface area contributed by atoms with Gasteiger partial charge in [-0.25, -0.2) is 14.4 Å². The number of carbonyl (C=O) groups excluding carboxylic acids is 4. The molecule has 13 heteroatoms. The van der Waals surface area contributed by atoms with E-state index in [9.17, 15) is 29.1 Å². The molecular weight excluding hydrogens is 616 g/mol. The zero-order chi connectivity index (χ0) is 33.2. The van der Waals surface area contributed by atoms with E-state index in [1.165, 1.54) is 4.90 Å². The fourth-order valence-corrected chi connectivity index (χ4v) is 6.69. The SMILES string of the molecule is CC(C)(C)OC(=O)N[C@H]1CCCCC/C=C\[C@H]2C[C@@]2(C(=O)O)NC(=O)[C@@H]2C[C@@H](OC(=O)N3CCc4ccc(Cl)cc4C3)CN2C1=O. The van der Waals surface area contributed by atoms with Crippen LogP contribution in [0.1, 0.15) is 76.8 Å². The molecule has 1 aliphatic carbocycles. The second kappa shape index (κ2) is 13.5. The summed E-state index contributed by atoms with van der Waals surface area (Å²) in [7, 11) is 0. The molecule has 0 spiro atoms. The normalized spacial score (nSPS) is 29.1. The van der Waals surface area contributed by atoms with Crippen LogP contribution in [-0.4, -0.2) is 87.3 Å². The molecule has 0 unspecified atom stereocenters. The van der Waals surface area contributed by atoms with Crippen molar-refractivity contribution in [3.8, 4) is 0 Å². The van der Waals surface area contributed by atoms with Gasteiger partial charge in [0.15, 0.2) is 0 Å². The van der Waals surface area contributed by atoms with Crippen molar-refractivity contribution < 1.29 is 38.6 Å². The van der Waals surface area contributed by atoms with E-state index in [-0.39, 0.29) is 25.3 Å². The Morgan fingerprint density at radius 2 is 1.91 bits per heavy atom. The number of carbonyl (C=O) groups is 5. The summed E-state index contributed by atoms with van der Waals surface area (Å²) in [6.45, 7) is 5.82. The number of allylic oxidation sites excluding steroid dienone is 1. The van der Waals surface area contributed by atoms with E-state index in [2.05, 4.69) is 10.6 Å². The first kappa shape index (κ1) is 33.6. The number of nitrogens with zero attached hydrogens (tertiary/aromatic N) is 2. The number of fused-ring (bicyclic) bond motifs is 3. The number of hydrogen-bond acceptors (Lipinski definition) is 7. The van der Waals surface area contributed by atoms with Crippen LogP contribution in [0.4, 0.5) is 9.59 Å². The van der Waals surface area contributed by atoms with Crippen molar-refractivity contribution in [1.82, 2.24) is 20.4 Å². The molecule has 1 aromatic rings. The van der Waals surface area contributed by atoms with Crippen LogP contribution < -0.4 is 10.6 Å². The Bertz CT molecular complexity index is 1410. The first-order chi connectivity index (χ1) is 21.8. The Morgan fingerprint density at radius 1 is 1.13 bits per heavy atom. The smallest absolute Gasteiger partial charge is 0.410 e. The van der Waals surface area contributed by atoms with Gasteiger partial charge in [-0.15, -0.1) is 0 Å². The number of amides is 4. The summed E-state index contributed by atoms with van der Waals surface area (Å²) in [6, 6.07) is 3.47. The summed E-state index contributed by atoms with van der Waals surface area (Å²) in [5, 5.41) is 16.0. The van der Waals surface area contributed by atoms with Crippen LogP contribution in [0.3, 0.4) is 0 Å². The fourth-order valence-electron chi connectivity index (χ4n) is 6.50. The summed E-state index contributed by atoms with van der Waals surface area (Å²) < 4.78 is 11.3. The van der Waals surface area contributed by atoms with E-state index in [1.54, 1.807) is 25.7 Å². The maximum atomic E-state index is 14.1. The van der Waals surface area contributed by atoms with Gasteiger partial charge >= 0.3 is 18.2 Å². The molecule has 0 aromatic heterocycles. The predicted molar refractivity (Wildman–Crippen MR) is 168 cm³/mol. The molecule has 0 bridgehead atoms. The van der Waals surface area contributed by atoms with Gasteiger partial charge in [-0.3, -0.25) is 9.59 Å². The number of rotatable bonds is 3. The molecule has 5 rings (SSSR count). The fraction of sp³-hybridized carbons (Fsp3) is 0.606. The average molecular weight is 659 g/mol. The number of benzene rings is 1. The molecule has 1 saturated carbocycles.